The van der Waals surface area contributed by atoms with Crippen LogP contribution in [-0.4, -0.2) is 35.7 Å². The van der Waals surface area contributed by atoms with Crippen molar-refractivity contribution in [2.24, 2.45) is 0 Å². The Morgan fingerprint density at radius 1 is 1.00 bits per heavy atom. The summed E-state index contributed by atoms with van der Waals surface area (Å²) in [6.07, 6.45) is -8.96. The summed E-state index contributed by atoms with van der Waals surface area (Å²) >= 11 is 11.6. The van der Waals surface area contributed by atoms with Crippen molar-refractivity contribution in [3.63, 3.8) is 0 Å². The number of rotatable bonds is 5. The minimum atomic E-state index is -4.96. The molecule has 1 heterocycles. The van der Waals surface area contributed by atoms with Gasteiger partial charge in [0.1, 0.15) is 10.6 Å². The molecule has 0 radical (unpaired) electrons. The monoisotopic (exact) mass is 548 g/mol. The van der Waals surface area contributed by atoms with Gasteiger partial charge < -0.3 is 4.74 Å². The standard InChI is InChI=1S/C17H8Cl2F6N4O4S/c18-10-3-1-8(16(20,21)22)5-14(10)34(31,32)27-15(30)12-7-29(28-26-12)13-4-2-9(6-11(13)19)33-17(23,24)25/h1-7H,(H,27,30). The molecule has 2 aromatic carbocycles. The van der Waals surface area contributed by atoms with Crippen molar-refractivity contribution in [2.75, 3.05) is 0 Å². The quantitative estimate of drug-likeness (QED) is 0.467. The lowest BCUT2D eigenvalue weighted by Gasteiger charge is -2.11. The molecule has 17 heteroatoms. The van der Waals surface area contributed by atoms with Crippen LogP contribution in [0.3, 0.4) is 0 Å². The largest absolute Gasteiger partial charge is 0.573 e. The van der Waals surface area contributed by atoms with Crippen LogP contribution >= 0.6 is 23.2 Å². The number of amides is 1. The topological polar surface area (TPSA) is 103 Å². The molecule has 0 spiro atoms. The number of carbonyl (C=O) groups is 1. The Bertz CT molecular complexity index is 1360. The molecule has 0 saturated heterocycles. The van der Waals surface area contributed by atoms with E-state index in [4.69, 9.17) is 23.2 Å². The summed E-state index contributed by atoms with van der Waals surface area (Å²) in [4.78, 5) is 11.3. The number of hydrogen-bond acceptors (Lipinski definition) is 6. The SMILES string of the molecule is O=C(NS(=O)(=O)c1cc(C(F)(F)F)ccc1Cl)c1cn(-c2ccc(OC(F)(F)F)cc2Cl)nn1. The smallest absolute Gasteiger partial charge is 0.406 e. The fraction of sp³-hybridized carbons (Fsp3) is 0.118. The molecule has 1 amide bonds. The Hall–Kier alpha value is -3.04. The van der Waals surface area contributed by atoms with Crippen molar-refractivity contribution >= 4 is 39.1 Å². The molecule has 0 unspecified atom stereocenters. The number of ether oxygens (including phenoxy) is 1. The van der Waals surface area contributed by atoms with Gasteiger partial charge >= 0.3 is 12.5 Å². The second-order valence-electron chi connectivity index (χ2n) is 6.29. The highest BCUT2D eigenvalue weighted by Gasteiger charge is 2.34. The summed E-state index contributed by atoms with van der Waals surface area (Å²) in [7, 11) is -4.87. The average molecular weight is 549 g/mol. The fourth-order valence-electron chi connectivity index (χ4n) is 2.47. The Morgan fingerprint density at radius 2 is 1.68 bits per heavy atom. The summed E-state index contributed by atoms with van der Waals surface area (Å²) in [5.41, 5.74) is -1.98. The molecule has 0 aliphatic carbocycles. The van der Waals surface area contributed by atoms with Crippen molar-refractivity contribution in [3.8, 4) is 11.4 Å². The first-order chi connectivity index (χ1) is 15.6. The van der Waals surface area contributed by atoms with Gasteiger partial charge in [-0.25, -0.2) is 17.8 Å². The van der Waals surface area contributed by atoms with E-state index in [0.717, 1.165) is 29.1 Å². The molecule has 0 fully saturated rings. The highest BCUT2D eigenvalue weighted by atomic mass is 35.5. The fourth-order valence-corrected chi connectivity index (χ4v) is 4.22. The molecule has 182 valence electrons. The first-order valence-corrected chi connectivity index (χ1v) is 10.7. The van der Waals surface area contributed by atoms with E-state index >= 15 is 0 Å². The Kier molecular flexibility index (Phi) is 6.74. The zero-order valence-electron chi connectivity index (χ0n) is 15.9. The number of aromatic nitrogens is 3. The lowest BCUT2D eigenvalue weighted by atomic mass is 10.2. The molecule has 8 nitrogen and oxygen atoms in total. The molecule has 0 bridgehead atoms. The third kappa shape index (κ3) is 5.90. The minimum absolute atomic E-state index is 0.0495. The Morgan fingerprint density at radius 3 is 2.26 bits per heavy atom. The zero-order valence-corrected chi connectivity index (χ0v) is 18.3. The zero-order chi connectivity index (χ0) is 25.5. The second kappa shape index (κ2) is 8.96. The third-order valence-electron chi connectivity index (χ3n) is 3.90. The average Bonchev–Trinajstić information content (AvgIpc) is 3.15. The van der Waals surface area contributed by atoms with Gasteiger partial charge in [0.25, 0.3) is 15.9 Å². The number of nitrogens with one attached hydrogen (secondary N) is 1. The van der Waals surface area contributed by atoms with Crippen LogP contribution in [0.15, 0.2) is 47.5 Å². The van der Waals surface area contributed by atoms with Gasteiger partial charge in [0.15, 0.2) is 5.69 Å². The van der Waals surface area contributed by atoms with Crippen molar-refractivity contribution in [3.05, 3.63) is 63.9 Å². The summed E-state index contributed by atoms with van der Waals surface area (Å²) in [5.74, 6) is -2.02. The number of carbonyl (C=O) groups excluding carboxylic acids is 1. The highest BCUT2D eigenvalue weighted by molar-refractivity contribution is 7.90. The Labute approximate surface area is 196 Å². The normalized spacial score (nSPS) is 12.5. The van der Waals surface area contributed by atoms with E-state index in [1.54, 1.807) is 0 Å². The maximum Gasteiger partial charge on any atom is 0.573 e. The van der Waals surface area contributed by atoms with E-state index in [1.807, 2.05) is 0 Å². The first-order valence-electron chi connectivity index (χ1n) is 8.49. The van der Waals surface area contributed by atoms with Gasteiger partial charge in [0, 0.05) is 6.07 Å². The number of hydrogen-bond donors (Lipinski definition) is 1. The summed E-state index contributed by atoms with van der Waals surface area (Å²) in [5, 5.41) is 6.09. The molecule has 1 aromatic heterocycles. The van der Waals surface area contributed by atoms with Crippen molar-refractivity contribution in [2.45, 2.75) is 17.4 Å². The van der Waals surface area contributed by atoms with Crippen LogP contribution in [0.2, 0.25) is 10.0 Å². The van der Waals surface area contributed by atoms with Crippen LogP contribution in [0, 0.1) is 0 Å². The predicted octanol–water partition coefficient (Wildman–Crippen LogP) is 4.61. The van der Waals surface area contributed by atoms with E-state index in [1.165, 1.54) is 4.72 Å². The van der Waals surface area contributed by atoms with Crippen molar-refractivity contribution in [1.82, 2.24) is 19.7 Å². The van der Waals surface area contributed by atoms with Gasteiger partial charge in [-0.1, -0.05) is 28.4 Å². The lowest BCUT2D eigenvalue weighted by Crippen LogP contribution is -2.31. The minimum Gasteiger partial charge on any atom is -0.406 e. The van der Waals surface area contributed by atoms with E-state index in [2.05, 4.69) is 15.0 Å². The maximum atomic E-state index is 12.9. The van der Waals surface area contributed by atoms with E-state index in [-0.39, 0.29) is 16.8 Å². The molecule has 0 saturated carbocycles. The van der Waals surface area contributed by atoms with Gasteiger partial charge in [-0.3, -0.25) is 4.79 Å². The molecule has 0 aliphatic rings. The van der Waals surface area contributed by atoms with Gasteiger partial charge in [0.2, 0.25) is 0 Å². The van der Waals surface area contributed by atoms with Crippen LogP contribution in [0.25, 0.3) is 5.69 Å². The maximum absolute atomic E-state index is 12.9. The molecular weight excluding hydrogens is 541 g/mol. The number of sulfonamides is 1. The van der Waals surface area contributed by atoms with Crippen molar-refractivity contribution in [1.29, 1.82) is 0 Å². The lowest BCUT2D eigenvalue weighted by molar-refractivity contribution is -0.274. The van der Waals surface area contributed by atoms with Crippen LogP contribution in [0.1, 0.15) is 16.1 Å². The van der Waals surface area contributed by atoms with Crippen LogP contribution < -0.4 is 9.46 Å². The summed E-state index contributed by atoms with van der Waals surface area (Å²) in [6.45, 7) is 0. The highest BCUT2D eigenvalue weighted by Crippen LogP contribution is 2.33. The van der Waals surface area contributed by atoms with Gasteiger partial charge in [-0.2, -0.15) is 13.2 Å². The van der Waals surface area contributed by atoms with E-state index in [0.29, 0.717) is 12.1 Å². The molecule has 34 heavy (non-hydrogen) atoms. The number of alkyl halides is 6. The van der Waals surface area contributed by atoms with Crippen LogP contribution in [0.4, 0.5) is 26.3 Å². The number of halogens is 8. The molecule has 1 N–H and O–H groups in total. The Balaban J connectivity index is 1.84. The third-order valence-corrected chi connectivity index (χ3v) is 6.02. The predicted molar refractivity (Wildman–Crippen MR) is 104 cm³/mol. The number of benzene rings is 2. The van der Waals surface area contributed by atoms with Gasteiger partial charge in [0.05, 0.1) is 27.5 Å². The van der Waals surface area contributed by atoms with Crippen LogP contribution in [0.5, 0.6) is 5.75 Å². The van der Waals surface area contributed by atoms with Crippen LogP contribution in [-0.2, 0) is 16.2 Å². The molecule has 3 aromatic rings. The molecular formula is C17H8Cl2F6N4O4S. The molecule has 0 atom stereocenters. The van der Waals surface area contributed by atoms with Gasteiger partial charge in [-0.05, 0) is 30.3 Å². The first kappa shape index (κ1) is 25.6. The summed E-state index contributed by atoms with van der Waals surface area (Å²) in [6, 6.07) is 4.28. The molecule has 3 rings (SSSR count). The van der Waals surface area contributed by atoms with E-state index in [9.17, 15) is 39.6 Å². The van der Waals surface area contributed by atoms with Gasteiger partial charge in [-0.15, -0.1) is 18.3 Å². The second-order valence-corrected chi connectivity index (χ2v) is 8.75. The number of nitrogens with zero attached hydrogens (tertiary/aromatic N) is 3. The molecule has 0 aliphatic heterocycles. The van der Waals surface area contributed by atoms with Crippen molar-refractivity contribution < 1.29 is 44.3 Å². The van der Waals surface area contributed by atoms with E-state index < -0.39 is 55.4 Å². The summed E-state index contributed by atoms with van der Waals surface area (Å²) < 4.78 is 107.